The lowest BCUT2D eigenvalue weighted by molar-refractivity contribution is 0.0594. The second kappa shape index (κ2) is 7.02. The molecule has 1 aromatic rings. The van der Waals surface area contributed by atoms with Gasteiger partial charge in [-0.15, -0.1) is 0 Å². The highest BCUT2D eigenvalue weighted by Gasteiger charge is 2.31. The molecule has 3 N–H and O–H groups in total. The fourth-order valence-corrected chi connectivity index (χ4v) is 3.64. The van der Waals surface area contributed by atoms with Crippen molar-refractivity contribution in [2.24, 2.45) is 0 Å². The molecule has 0 spiro atoms. The zero-order valence-corrected chi connectivity index (χ0v) is 13.5. The van der Waals surface area contributed by atoms with E-state index >= 15 is 0 Å². The van der Waals surface area contributed by atoms with Crippen LogP contribution in [0.1, 0.15) is 42.6 Å². The minimum absolute atomic E-state index is 0.244. The third-order valence-electron chi connectivity index (χ3n) is 4.10. The van der Waals surface area contributed by atoms with Gasteiger partial charge >= 0.3 is 5.97 Å². The molecule has 1 aromatic heterocycles. The molecule has 116 valence electrons. The van der Waals surface area contributed by atoms with Crippen LogP contribution in [0, 0.1) is 0 Å². The van der Waals surface area contributed by atoms with Gasteiger partial charge < -0.3 is 15.8 Å². The summed E-state index contributed by atoms with van der Waals surface area (Å²) in [4.78, 5) is 15.8. The lowest BCUT2D eigenvalue weighted by atomic mass is 9.88. The molecule has 0 atom stereocenters. The molecule has 2 rings (SSSR count). The van der Waals surface area contributed by atoms with E-state index in [1.807, 2.05) is 11.8 Å². The zero-order chi connectivity index (χ0) is 15.3. The third-order valence-corrected chi connectivity index (χ3v) is 5.52. The lowest BCUT2D eigenvalue weighted by Crippen LogP contribution is -2.36. The monoisotopic (exact) mass is 309 g/mol. The number of nitrogen functional groups attached to an aromatic ring is 1. The summed E-state index contributed by atoms with van der Waals surface area (Å²) in [6, 6.07) is 3.27. The van der Waals surface area contributed by atoms with E-state index in [1.54, 1.807) is 12.1 Å². The summed E-state index contributed by atoms with van der Waals surface area (Å²) in [5.41, 5.74) is 6.77. The van der Waals surface area contributed by atoms with Crippen LogP contribution in [0.15, 0.2) is 12.1 Å². The van der Waals surface area contributed by atoms with Gasteiger partial charge in [-0.2, -0.15) is 11.8 Å². The SMILES string of the molecule is COC(=O)c1ccc(N)c(NCC2(SC)CCCCC2)n1. The van der Waals surface area contributed by atoms with Crippen LogP contribution in [-0.4, -0.2) is 35.6 Å². The van der Waals surface area contributed by atoms with Gasteiger partial charge in [0, 0.05) is 11.3 Å². The molecular formula is C15H23N3O2S. The lowest BCUT2D eigenvalue weighted by Gasteiger charge is -2.36. The molecule has 0 saturated heterocycles. The van der Waals surface area contributed by atoms with Crippen molar-refractivity contribution in [3.05, 3.63) is 17.8 Å². The number of hydrogen-bond acceptors (Lipinski definition) is 6. The number of rotatable bonds is 5. The van der Waals surface area contributed by atoms with Crippen LogP contribution >= 0.6 is 11.8 Å². The fraction of sp³-hybridized carbons (Fsp3) is 0.600. The van der Waals surface area contributed by atoms with E-state index in [4.69, 9.17) is 10.5 Å². The summed E-state index contributed by atoms with van der Waals surface area (Å²) in [6.07, 6.45) is 8.44. The number of methoxy groups -OCH3 is 1. The van der Waals surface area contributed by atoms with Crippen LogP contribution in [0.4, 0.5) is 11.5 Å². The number of nitrogens with two attached hydrogens (primary N) is 1. The minimum atomic E-state index is -0.449. The number of thioether (sulfide) groups is 1. The molecule has 0 aromatic carbocycles. The number of nitrogens with zero attached hydrogens (tertiary/aromatic N) is 1. The molecule has 1 aliphatic carbocycles. The third kappa shape index (κ3) is 3.81. The van der Waals surface area contributed by atoms with Crippen molar-refractivity contribution in [2.75, 3.05) is 31.0 Å². The van der Waals surface area contributed by atoms with Gasteiger partial charge in [-0.1, -0.05) is 19.3 Å². The Morgan fingerprint density at radius 3 is 2.76 bits per heavy atom. The molecule has 0 radical (unpaired) electrons. The maximum Gasteiger partial charge on any atom is 0.356 e. The van der Waals surface area contributed by atoms with Crippen LogP contribution in [0.25, 0.3) is 0 Å². The summed E-state index contributed by atoms with van der Waals surface area (Å²) < 4.78 is 4.94. The number of nitrogens with one attached hydrogen (secondary N) is 1. The molecule has 1 fully saturated rings. The van der Waals surface area contributed by atoms with E-state index in [-0.39, 0.29) is 10.4 Å². The second-order valence-electron chi connectivity index (χ2n) is 5.43. The fourth-order valence-electron chi connectivity index (χ4n) is 2.72. The summed E-state index contributed by atoms with van der Waals surface area (Å²) in [6.45, 7) is 0.815. The quantitative estimate of drug-likeness (QED) is 0.814. The Bertz CT molecular complexity index is 502. The molecule has 1 aliphatic rings. The highest BCUT2D eigenvalue weighted by atomic mass is 32.2. The van der Waals surface area contributed by atoms with Crippen molar-refractivity contribution in [2.45, 2.75) is 36.9 Å². The van der Waals surface area contributed by atoms with E-state index in [0.29, 0.717) is 11.5 Å². The maximum atomic E-state index is 11.5. The Kier molecular flexibility index (Phi) is 5.33. The number of anilines is 2. The van der Waals surface area contributed by atoms with E-state index < -0.39 is 5.97 Å². The second-order valence-corrected chi connectivity index (χ2v) is 6.70. The predicted octanol–water partition coefficient (Wildman–Crippen LogP) is 2.93. The Balaban J connectivity index is 2.09. The average Bonchev–Trinajstić information content (AvgIpc) is 2.54. The van der Waals surface area contributed by atoms with Gasteiger partial charge in [-0.3, -0.25) is 0 Å². The van der Waals surface area contributed by atoms with Gasteiger partial charge in [-0.05, 0) is 31.2 Å². The molecule has 1 saturated carbocycles. The first-order chi connectivity index (χ1) is 10.1. The number of esters is 1. The van der Waals surface area contributed by atoms with Gasteiger partial charge in [-0.25, -0.2) is 9.78 Å². The Labute approximate surface area is 130 Å². The average molecular weight is 309 g/mol. The van der Waals surface area contributed by atoms with Gasteiger partial charge in [0.05, 0.1) is 12.8 Å². The summed E-state index contributed by atoms with van der Waals surface area (Å²) >= 11 is 1.91. The molecule has 0 bridgehead atoms. The standard InChI is InChI=1S/C15H23N3O2S/c1-20-14(19)12-7-6-11(16)13(18-12)17-10-15(21-2)8-4-3-5-9-15/h6-7H,3-5,8-10,16H2,1-2H3,(H,17,18). The minimum Gasteiger partial charge on any atom is -0.464 e. The summed E-state index contributed by atoms with van der Waals surface area (Å²) in [5, 5.41) is 3.33. The first-order valence-corrected chi connectivity index (χ1v) is 8.46. The van der Waals surface area contributed by atoms with Gasteiger partial charge in [0.2, 0.25) is 0 Å². The number of carbonyl (C=O) groups is 1. The molecule has 0 amide bonds. The number of hydrogen-bond donors (Lipinski definition) is 2. The normalized spacial score (nSPS) is 17.2. The Hall–Kier alpha value is -1.43. The number of carbonyl (C=O) groups excluding carboxylic acids is 1. The van der Waals surface area contributed by atoms with E-state index in [1.165, 1.54) is 39.2 Å². The number of ether oxygens (including phenoxy) is 1. The van der Waals surface area contributed by atoms with Crippen molar-refractivity contribution in [3.63, 3.8) is 0 Å². The molecule has 21 heavy (non-hydrogen) atoms. The van der Waals surface area contributed by atoms with Crippen LogP contribution < -0.4 is 11.1 Å². The Morgan fingerprint density at radius 2 is 2.14 bits per heavy atom. The van der Waals surface area contributed by atoms with Crippen LogP contribution in [0.2, 0.25) is 0 Å². The molecule has 0 unspecified atom stereocenters. The largest absolute Gasteiger partial charge is 0.464 e. The van der Waals surface area contributed by atoms with Gasteiger partial charge in [0.15, 0.2) is 5.69 Å². The summed E-state index contributed by atoms with van der Waals surface area (Å²) in [5.74, 6) is 0.118. The molecule has 6 heteroatoms. The van der Waals surface area contributed by atoms with E-state index in [2.05, 4.69) is 16.6 Å². The van der Waals surface area contributed by atoms with E-state index in [0.717, 1.165) is 6.54 Å². The van der Waals surface area contributed by atoms with Crippen LogP contribution in [-0.2, 0) is 4.74 Å². The molecule has 0 aliphatic heterocycles. The van der Waals surface area contributed by atoms with Crippen LogP contribution in [0.3, 0.4) is 0 Å². The van der Waals surface area contributed by atoms with E-state index in [9.17, 15) is 4.79 Å². The summed E-state index contributed by atoms with van der Waals surface area (Å²) in [7, 11) is 1.35. The van der Waals surface area contributed by atoms with Gasteiger partial charge in [0.25, 0.3) is 0 Å². The van der Waals surface area contributed by atoms with Crippen molar-refractivity contribution in [3.8, 4) is 0 Å². The highest BCUT2D eigenvalue weighted by Crippen LogP contribution is 2.38. The van der Waals surface area contributed by atoms with Crippen LogP contribution in [0.5, 0.6) is 0 Å². The molecular weight excluding hydrogens is 286 g/mol. The van der Waals surface area contributed by atoms with Gasteiger partial charge in [0.1, 0.15) is 5.82 Å². The number of aromatic nitrogens is 1. The molecule has 5 nitrogen and oxygen atoms in total. The Morgan fingerprint density at radius 1 is 1.43 bits per heavy atom. The predicted molar refractivity (Wildman–Crippen MR) is 87.8 cm³/mol. The highest BCUT2D eigenvalue weighted by molar-refractivity contribution is 8.00. The maximum absolute atomic E-state index is 11.5. The zero-order valence-electron chi connectivity index (χ0n) is 12.6. The smallest absolute Gasteiger partial charge is 0.356 e. The first kappa shape index (κ1) is 15.9. The van der Waals surface area contributed by atoms with Crippen molar-refractivity contribution < 1.29 is 9.53 Å². The van der Waals surface area contributed by atoms with Crippen molar-refractivity contribution >= 4 is 29.2 Å². The van der Waals surface area contributed by atoms with Crippen molar-refractivity contribution in [1.82, 2.24) is 4.98 Å². The number of pyridine rings is 1. The molecule has 1 heterocycles. The van der Waals surface area contributed by atoms with Crippen molar-refractivity contribution in [1.29, 1.82) is 0 Å². The first-order valence-electron chi connectivity index (χ1n) is 7.24. The topological polar surface area (TPSA) is 77.2 Å².